The second-order valence-electron chi connectivity index (χ2n) is 9.85. The van der Waals surface area contributed by atoms with Crippen molar-refractivity contribution in [3.8, 4) is 5.75 Å². The second kappa shape index (κ2) is 15.2. The number of anilines is 1. The summed E-state index contributed by atoms with van der Waals surface area (Å²) in [5, 5.41) is 15.0. The number of aryl methyl sites for hydroxylation is 1. The highest BCUT2D eigenvalue weighted by atomic mass is 35.5. The number of hydrogen-bond acceptors (Lipinski definition) is 7. The van der Waals surface area contributed by atoms with Crippen LogP contribution in [0.25, 0.3) is 0 Å². The van der Waals surface area contributed by atoms with Gasteiger partial charge in [-0.3, -0.25) is 24.0 Å². The number of nitro groups is 1. The molecule has 3 rings (SSSR count). The van der Waals surface area contributed by atoms with E-state index in [0.29, 0.717) is 24.3 Å². The number of ether oxygens (including phenoxy) is 1. The first-order chi connectivity index (χ1) is 20.8. The van der Waals surface area contributed by atoms with Crippen LogP contribution in [0, 0.1) is 17.0 Å². The molecule has 0 saturated heterocycles. The van der Waals surface area contributed by atoms with Gasteiger partial charge >= 0.3 is 0 Å². The number of methoxy groups -OCH3 is 1. The molecule has 0 aromatic heterocycles. The average Bonchev–Trinajstić information content (AvgIpc) is 2.99. The number of hydrogen-bond donors (Lipinski definition) is 1. The molecular weight excluding hydrogens is 631 g/mol. The third-order valence-electron chi connectivity index (χ3n) is 6.93. The summed E-state index contributed by atoms with van der Waals surface area (Å²) in [5.41, 5.74) is 0.369. The largest absolute Gasteiger partial charge is 0.497 e. The molecule has 0 unspecified atom stereocenters. The third-order valence-corrected chi connectivity index (χ3v) is 9.41. The number of rotatable bonds is 14. The number of amides is 2. The van der Waals surface area contributed by atoms with Gasteiger partial charge in [0.25, 0.3) is 15.7 Å². The molecule has 0 aliphatic rings. The Labute approximate surface area is 266 Å². The summed E-state index contributed by atoms with van der Waals surface area (Å²) in [5.74, 6) is -0.698. The molecule has 14 heteroatoms. The highest BCUT2D eigenvalue weighted by Gasteiger charge is 2.35. The Morgan fingerprint density at radius 1 is 1.05 bits per heavy atom. The van der Waals surface area contributed by atoms with Crippen LogP contribution in [0.1, 0.15) is 37.8 Å². The fraction of sp³-hybridized carbons (Fsp3) is 0.333. The van der Waals surface area contributed by atoms with Gasteiger partial charge in [-0.25, -0.2) is 8.42 Å². The van der Waals surface area contributed by atoms with Crippen LogP contribution in [-0.4, -0.2) is 56.3 Å². The van der Waals surface area contributed by atoms with E-state index < -0.39 is 39.3 Å². The number of nitro benzene ring substituents is 1. The molecule has 44 heavy (non-hydrogen) atoms. The van der Waals surface area contributed by atoms with Crippen molar-refractivity contribution in [2.75, 3.05) is 24.5 Å². The lowest BCUT2D eigenvalue weighted by atomic mass is 10.1. The maximum absolute atomic E-state index is 14.2. The maximum atomic E-state index is 14.2. The molecule has 0 aliphatic heterocycles. The molecule has 11 nitrogen and oxygen atoms in total. The second-order valence-corrected chi connectivity index (χ2v) is 12.5. The zero-order valence-corrected chi connectivity index (χ0v) is 27.1. The van der Waals surface area contributed by atoms with Crippen LogP contribution in [0.2, 0.25) is 10.0 Å². The molecule has 0 aliphatic carbocycles. The number of carbonyl (C=O) groups is 2. The molecule has 0 fully saturated rings. The van der Waals surface area contributed by atoms with Crippen molar-refractivity contribution in [3.05, 3.63) is 92.0 Å². The average molecular weight is 666 g/mol. The first-order valence-electron chi connectivity index (χ1n) is 13.8. The van der Waals surface area contributed by atoms with Crippen LogP contribution < -0.4 is 14.4 Å². The van der Waals surface area contributed by atoms with E-state index in [1.54, 1.807) is 25.1 Å². The van der Waals surface area contributed by atoms with Crippen molar-refractivity contribution in [1.29, 1.82) is 0 Å². The highest BCUT2D eigenvalue weighted by Crippen LogP contribution is 2.31. The van der Waals surface area contributed by atoms with Gasteiger partial charge in [-0.15, -0.1) is 0 Å². The third kappa shape index (κ3) is 7.99. The Bertz CT molecular complexity index is 1600. The molecule has 0 heterocycles. The van der Waals surface area contributed by atoms with E-state index in [9.17, 15) is 28.1 Å². The van der Waals surface area contributed by atoms with Gasteiger partial charge < -0.3 is 15.0 Å². The van der Waals surface area contributed by atoms with Crippen LogP contribution in [0.3, 0.4) is 0 Å². The maximum Gasteiger partial charge on any atom is 0.273 e. The molecule has 0 saturated carbocycles. The van der Waals surface area contributed by atoms with Gasteiger partial charge in [-0.1, -0.05) is 49.2 Å². The van der Waals surface area contributed by atoms with E-state index >= 15 is 0 Å². The van der Waals surface area contributed by atoms with Crippen molar-refractivity contribution in [1.82, 2.24) is 10.2 Å². The molecule has 3 aromatic carbocycles. The van der Waals surface area contributed by atoms with E-state index in [1.165, 1.54) is 55.3 Å². The molecule has 2 amide bonds. The predicted octanol–water partition coefficient (Wildman–Crippen LogP) is 5.75. The monoisotopic (exact) mass is 664 g/mol. The first kappa shape index (κ1) is 34.6. The summed E-state index contributed by atoms with van der Waals surface area (Å²) in [4.78, 5) is 39.2. The number of sulfonamides is 1. The van der Waals surface area contributed by atoms with Crippen LogP contribution >= 0.6 is 23.2 Å². The summed E-state index contributed by atoms with van der Waals surface area (Å²) in [6.45, 7) is 4.57. The molecule has 0 bridgehead atoms. The lowest BCUT2D eigenvalue weighted by molar-refractivity contribution is -0.385. The Balaban J connectivity index is 2.15. The van der Waals surface area contributed by atoms with Gasteiger partial charge in [0.05, 0.1) is 22.6 Å². The minimum atomic E-state index is -4.54. The van der Waals surface area contributed by atoms with Gasteiger partial charge in [0.15, 0.2) is 0 Å². The Morgan fingerprint density at radius 3 is 2.23 bits per heavy atom. The lowest BCUT2D eigenvalue weighted by Crippen LogP contribution is -2.52. The quantitative estimate of drug-likeness (QED) is 0.171. The number of carbonyl (C=O) groups excluding carboxylic acids is 2. The first-order valence-corrected chi connectivity index (χ1v) is 16.0. The van der Waals surface area contributed by atoms with E-state index in [1.807, 2.05) is 6.92 Å². The fourth-order valence-corrected chi connectivity index (χ4v) is 6.44. The predicted molar refractivity (Wildman–Crippen MR) is 170 cm³/mol. The normalized spacial score (nSPS) is 11.9. The van der Waals surface area contributed by atoms with Crippen molar-refractivity contribution < 1.29 is 27.7 Å². The molecular formula is C30H34Cl2N4O7S. The number of nitrogens with one attached hydrogen (secondary N) is 1. The molecule has 0 spiro atoms. The standard InChI is InChI=1S/C30H34Cl2N4O7S/c1-5-16-33-30(38)27(6-2)34(18-24-25(31)8-7-9-26(24)32)29(37)19-35(21-11-13-22(43-4)14-12-21)44(41,42)23-15-10-20(3)28(17-23)36(39)40/h7-15,17,27H,5-6,16,18-19H2,1-4H3,(H,33,38)/t27-/m0/s1. The van der Waals surface area contributed by atoms with Gasteiger partial charge in [-0.05, 0) is 62.2 Å². The van der Waals surface area contributed by atoms with Gasteiger partial charge in [0.1, 0.15) is 18.3 Å². The SMILES string of the molecule is CCCNC(=O)[C@H](CC)N(Cc1c(Cl)cccc1Cl)C(=O)CN(c1ccc(OC)cc1)S(=O)(=O)c1ccc(C)c([N+](=O)[O-])c1. The fourth-order valence-electron chi connectivity index (χ4n) is 4.49. The van der Waals surface area contributed by atoms with E-state index in [2.05, 4.69) is 5.32 Å². The summed E-state index contributed by atoms with van der Waals surface area (Å²) in [7, 11) is -3.09. The highest BCUT2D eigenvalue weighted by molar-refractivity contribution is 7.92. The summed E-state index contributed by atoms with van der Waals surface area (Å²) >= 11 is 12.9. The molecule has 236 valence electrons. The van der Waals surface area contributed by atoms with Crippen molar-refractivity contribution >= 4 is 56.4 Å². The Morgan fingerprint density at radius 2 is 1.68 bits per heavy atom. The molecule has 3 aromatic rings. The van der Waals surface area contributed by atoms with Gasteiger partial charge in [0, 0.05) is 40.3 Å². The minimum absolute atomic E-state index is 0.0987. The topological polar surface area (TPSA) is 139 Å². The number of nitrogens with zero attached hydrogens (tertiary/aromatic N) is 3. The van der Waals surface area contributed by atoms with Crippen LogP contribution in [0.15, 0.2) is 65.6 Å². The van der Waals surface area contributed by atoms with Crippen LogP contribution in [0.4, 0.5) is 11.4 Å². The van der Waals surface area contributed by atoms with E-state index in [0.717, 1.165) is 10.4 Å². The Kier molecular flexibility index (Phi) is 12.0. The van der Waals surface area contributed by atoms with Crippen LogP contribution in [-0.2, 0) is 26.2 Å². The number of benzene rings is 3. The summed E-state index contributed by atoms with van der Waals surface area (Å²) in [6, 6.07) is 13.3. The van der Waals surface area contributed by atoms with E-state index in [-0.39, 0.29) is 44.8 Å². The number of halogens is 2. The van der Waals surface area contributed by atoms with Crippen molar-refractivity contribution in [3.63, 3.8) is 0 Å². The molecule has 1 atom stereocenters. The smallest absolute Gasteiger partial charge is 0.273 e. The minimum Gasteiger partial charge on any atom is -0.497 e. The molecule has 0 radical (unpaired) electrons. The zero-order chi connectivity index (χ0) is 32.6. The zero-order valence-electron chi connectivity index (χ0n) is 24.7. The van der Waals surface area contributed by atoms with Crippen molar-refractivity contribution in [2.24, 2.45) is 0 Å². The Hall–Kier alpha value is -3.87. The van der Waals surface area contributed by atoms with Crippen molar-refractivity contribution in [2.45, 2.75) is 51.1 Å². The lowest BCUT2D eigenvalue weighted by Gasteiger charge is -2.33. The van der Waals surface area contributed by atoms with Gasteiger partial charge in [0.2, 0.25) is 11.8 Å². The summed E-state index contributed by atoms with van der Waals surface area (Å²) < 4.78 is 34.2. The van der Waals surface area contributed by atoms with Crippen LogP contribution in [0.5, 0.6) is 5.75 Å². The van der Waals surface area contributed by atoms with Gasteiger partial charge in [-0.2, -0.15) is 0 Å². The van der Waals surface area contributed by atoms with E-state index in [4.69, 9.17) is 27.9 Å². The summed E-state index contributed by atoms with van der Waals surface area (Å²) in [6.07, 6.45) is 0.876. The molecule has 1 N–H and O–H groups in total.